The molecule has 0 saturated heterocycles. The second-order valence-electron chi connectivity index (χ2n) is 5.14. The molecule has 0 spiro atoms. The number of pyridine rings is 1. The quantitative estimate of drug-likeness (QED) is 0.841. The van der Waals surface area contributed by atoms with E-state index in [2.05, 4.69) is 17.2 Å². The molecule has 2 N–H and O–H groups in total. The van der Waals surface area contributed by atoms with E-state index in [1.807, 2.05) is 24.4 Å². The van der Waals surface area contributed by atoms with Gasteiger partial charge < -0.3 is 10.4 Å². The maximum atomic E-state index is 10.4. The highest BCUT2D eigenvalue weighted by Crippen LogP contribution is 2.27. The molecule has 0 aliphatic heterocycles. The van der Waals surface area contributed by atoms with E-state index in [1.54, 1.807) is 0 Å². The highest BCUT2D eigenvalue weighted by Gasteiger charge is 2.29. The lowest BCUT2D eigenvalue weighted by molar-refractivity contribution is 0.00291. The van der Waals surface area contributed by atoms with Crippen LogP contribution in [0.15, 0.2) is 24.4 Å². The Morgan fingerprint density at radius 1 is 1.35 bits per heavy atom. The molecule has 1 aromatic heterocycles. The van der Waals surface area contributed by atoms with Gasteiger partial charge in [0.15, 0.2) is 0 Å². The molecule has 2 rings (SSSR count). The predicted octanol–water partition coefficient (Wildman–Crippen LogP) is 2.43. The first kappa shape index (κ1) is 12.5. The van der Waals surface area contributed by atoms with Crippen molar-refractivity contribution in [3.63, 3.8) is 0 Å². The third kappa shape index (κ3) is 3.51. The lowest BCUT2D eigenvalue weighted by atomic mass is 9.85. The summed E-state index contributed by atoms with van der Waals surface area (Å²) in [5, 5.41) is 13.8. The molecular weight excluding hydrogens is 212 g/mol. The summed E-state index contributed by atoms with van der Waals surface area (Å²) >= 11 is 0. The summed E-state index contributed by atoms with van der Waals surface area (Å²) in [6.45, 7) is 2.76. The van der Waals surface area contributed by atoms with Crippen LogP contribution >= 0.6 is 0 Å². The molecule has 1 fully saturated rings. The smallest absolute Gasteiger partial charge is 0.0771 e. The van der Waals surface area contributed by atoms with Gasteiger partial charge in [-0.2, -0.15) is 0 Å². The molecule has 1 aromatic rings. The van der Waals surface area contributed by atoms with Crippen LogP contribution in [0, 0.1) is 0 Å². The fourth-order valence-electron chi connectivity index (χ4n) is 2.47. The largest absolute Gasteiger partial charge is 0.389 e. The molecule has 1 heterocycles. The van der Waals surface area contributed by atoms with Crippen molar-refractivity contribution in [1.82, 2.24) is 10.3 Å². The van der Waals surface area contributed by atoms with Crippen LogP contribution in [0.4, 0.5) is 0 Å². The van der Waals surface area contributed by atoms with Crippen LogP contribution in [0.3, 0.4) is 0 Å². The standard InChI is InChI=1S/C14H22N2O/c1-12(13-7-3-6-10-15-13)16-11-14(17)8-4-2-5-9-14/h3,6-7,10,12,16-17H,2,4-5,8-9,11H2,1H3. The molecule has 1 atom stereocenters. The van der Waals surface area contributed by atoms with Gasteiger partial charge in [-0.15, -0.1) is 0 Å². The summed E-state index contributed by atoms with van der Waals surface area (Å²) in [6.07, 6.45) is 7.22. The van der Waals surface area contributed by atoms with Gasteiger partial charge in [-0.05, 0) is 31.9 Å². The van der Waals surface area contributed by atoms with Crippen molar-refractivity contribution in [2.75, 3.05) is 6.54 Å². The van der Waals surface area contributed by atoms with E-state index in [0.29, 0.717) is 6.54 Å². The molecule has 1 unspecified atom stereocenters. The van der Waals surface area contributed by atoms with Crippen molar-refractivity contribution in [2.45, 2.75) is 50.7 Å². The van der Waals surface area contributed by atoms with Crippen LogP contribution in [0.5, 0.6) is 0 Å². The second-order valence-corrected chi connectivity index (χ2v) is 5.14. The maximum Gasteiger partial charge on any atom is 0.0771 e. The highest BCUT2D eigenvalue weighted by atomic mass is 16.3. The minimum Gasteiger partial charge on any atom is -0.389 e. The molecule has 94 valence electrons. The van der Waals surface area contributed by atoms with Crippen molar-refractivity contribution >= 4 is 0 Å². The van der Waals surface area contributed by atoms with E-state index in [1.165, 1.54) is 6.42 Å². The van der Waals surface area contributed by atoms with Gasteiger partial charge in [0.25, 0.3) is 0 Å². The Morgan fingerprint density at radius 3 is 2.76 bits per heavy atom. The Kier molecular flexibility index (Phi) is 4.13. The molecule has 1 saturated carbocycles. The highest BCUT2D eigenvalue weighted by molar-refractivity contribution is 5.07. The number of nitrogens with zero attached hydrogens (tertiary/aromatic N) is 1. The lowest BCUT2D eigenvalue weighted by Gasteiger charge is -2.33. The van der Waals surface area contributed by atoms with Crippen LogP contribution in [0.1, 0.15) is 50.8 Å². The number of aromatic nitrogens is 1. The maximum absolute atomic E-state index is 10.4. The molecular formula is C14H22N2O. The number of hydrogen-bond donors (Lipinski definition) is 2. The van der Waals surface area contributed by atoms with E-state index in [9.17, 15) is 5.11 Å². The normalized spacial score (nSPS) is 21.1. The summed E-state index contributed by atoms with van der Waals surface area (Å²) < 4.78 is 0. The van der Waals surface area contributed by atoms with Crippen LogP contribution in [0.2, 0.25) is 0 Å². The zero-order valence-electron chi connectivity index (χ0n) is 10.5. The molecule has 3 nitrogen and oxygen atoms in total. The van der Waals surface area contributed by atoms with Crippen LogP contribution in [-0.4, -0.2) is 22.2 Å². The Hall–Kier alpha value is -0.930. The molecule has 0 radical (unpaired) electrons. The zero-order valence-corrected chi connectivity index (χ0v) is 10.5. The summed E-state index contributed by atoms with van der Waals surface area (Å²) in [6, 6.07) is 6.13. The Balaban J connectivity index is 1.85. The van der Waals surface area contributed by atoms with Gasteiger partial charge in [0.1, 0.15) is 0 Å². The zero-order chi connectivity index (χ0) is 12.1. The monoisotopic (exact) mass is 234 g/mol. The Bertz CT molecular complexity index is 333. The van der Waals surface area contributed by atoms with Crippen LogP contribution < -0.4 is 5.32 Å². The Labute approximate surface area is 103 Å². The van der Waals surface area contributed by atoms with Gasteiger partial charge in [-0.25, -0.2) is 0 Å². The van der Waals surface area contributed by atoms with Gasteiger partial charge in [-0.3, -0.25) is 4.98 Å². The van der Waals surface area contributed by atoms with E-state index < -0.39 is 5.60 Å². The van der Waals surface area contributed by atoms with Crippen molar-refractivity contribution in [3.05, 3.63) is 30.1 Å². The van der Waals surface area contributed by atoms with E-state index in [4.69, 9.17) is 0 Å². The Morgan fingerprint density at radius 2 is 2.12 bits per heavy atom. The second kappa shape index (κ2) is 5.61. The fraction of sp³-hybridized carbons (Fsp3) is 0.643. The minimum absolute atomic E-state index is 0.196. The van der Waals surface area contributed by atoms with Gasteiger partial charge in [-0.1, -0.05) is 25.3 Å². The van der Waals surface area contributed by atoms with Gasteiger partial charge >= 0.3 is 0 Å². The van der Waals surface area contributed by atoms with Crippen molar-refractivity contribution in [3.8, 4) is 0 Å². The predicted molar refractivity (Wildman–Crippen MR) is 68.7 cm³/mol. The third-order valence-electron chi connectivity index (χ3n) is 3.65. The number of hydrogen-bond acceptors (Lipinski definition) is 3. The van der Waals surface area contributed by atoms with Crippen LogP contribution in [-0.2, 0) is 0 Å². The third-order valence-corrected chi connectivity index (χ3v) is 3.65. The first-order valence-electron chi connectivity index (χ1n) is 6.56. The van der Waals surface area contributed by atoms with Crippen molar-refractivity contribution in [1.29, 1.82) is 0 Å². The lowest BCUT2D eigenvalue weighted by Crippen LogP contribution is -2.43. The van der Waals surface area contributed by atoms with Crippen molar-refractivity contribution < 1.29 is 5.11 Å². The topological polar surface area (TPSA) is 45.1 Å². The van der Waals surface area contributed by atoms with Gasteiger partial charge in [0, 0.05) is 18.8 Å². The molecule has 17 heavy (non-hydrogen) atoms. The minimum atomic E-state index is -0.499. The fourth-order valence-corrected chi connectivity index (χ4v) is 2.47. The molecule has 3 heteroatoms. The average molecular weight is 234 g/mol. The number of nitrogens with one attached hydrogen (secondary N) is 1. The number of aliphatic hydroxyl groups is 1. The SMILES string of the molecule is CC(NCC1(O)CCCCC1)c1ccccn1. The van der Waals surface area contributed by atoms with Gasteiger partial charge in [0.2, 0.25) is 0 Å². The molecule has 0 aromatic carbocycles. The van der Waals surface area contributed by atoms with E-state index in [-0.39, 0.29) is 6.04 Å². The summed E-state index contributed by atoms with van der Waals surface area (Å²) in [5.74, 6) is 0. The van der Waals surface area contributed by atoms with Crippen LogP contribution in [0.25, 0.3) is 0 Å². The summed E-state index contributed by atoms with van der Waals surface area (Å²) in [4.78, 5) is 4.32. The first-order chi connectivity index (χ1) is 8.20. The van der Waals surface area contributed by atoms with Crippen molar-refractivity contribution in [2.24, 2.45) is 0 Å². The molecule has 0 amide bonds. The summed E-state index contributed by atoms with van der Waals surface area (Å²) in [7, 11) is 0. The van der Waals surface area contributed by atoms with Gasteiger partial charge in [0.05, 0.1) is 11.3 Å². The van der Waals surface area contributed by atoms with E-state index >= 15 is 0 Å². The first-order valence-corrected chi connectivity index (χ1v) is 6.56. The molecule has 0 bridgehead atoms. The molecule has 1 aliphatic rings. The average Bonchev–Trinajstić information content (AvgIpc) is 2.38. The summed E-state index contributed by atoms with van der Waals surface area (Å²) in [5.41, 5.74) is 0.535. The van der Waals surface area contributed by atoms with E-state index in [0.717, 1.165) is 31.4 Å². The number of rotatable bonds is 4. The molecule has 1 aliphatic carbocycles.